The first-order valence-corrected chi connectivity index (χ1v) is 6.71. The molecule has 1 nitrogen and oxygen atoms in total. The number of benzene rings is 1. The van der Waals surface area contributed by atoms with E-state index in [4.69, 9.17) is 11.6 Å². The fourth-order valence-corrected chi connectivity index (χ4v) is 2.08. The van der Waals surface area contributed by atoms with Gasteiger partial charge in [0.2, 0.25) is 0 Å². The Morgan fingerprint density at radius 2 is 1.83 bits per heavy atom. The summed E-state index contributed by atoms with van der Waals surface area (Å²) in [5, 5.41) is 0. The predicted octanol–water partition coefficient (Wildman–Crippen LogP) is 4.74. The van der Waals surface area contributed by atoms with Crippen molar-refractivity contribution in [3.63, 3.8) is 0 Å². The fraction of sp³-hybridized carbons (Fsp3) is 0.500. The second kappa shape index (κ2) is 7.36. The average Bonchev–Trinajstić information content (AvgIpc) is 2.29. The number of hydrogen-bond donors (Lipinski definition) is 0. The maximum Gasteiger partial charge on any atom is 0.411 e. The molecule has 0 heterocycles. The van der Waals surface area contributed by atoms with Gasteiger partial charge in [-0.05, 0) is 30.0 Å². The molecular formula is C12H13BrClF3O. The van der Waals surface area contributed by atoms with Crippen LogP contribution in [0.1, 0.15) is 17.9 Å². The summed E-state index contributed by atoms with van der Waals surface area (Å²) in [7, 11) is 0. The van der Waals surface area contributed by atoms with Crippen molar-refractivity contribution in [1.82, 2.24) is 0 Å². The van der Waals surface area contributed by atoms with E-state index in [9.17, 15) is 13.2 Å². The average molecular weight is 346 g/mol. The van der Waals surface area contributed by atoms with Gasteiger partial charge in [-0.15, -0.1) is 11.6 Å². The zero-order valence-corrected chi connectivity index (χ0v) is 11.9. The highest BCUT2D eigenvalue weighted by Crippen LogP contribution is 2.23. The second-order valence-corrected chi connectivity index (χ2v) is 5.08. The molecule has 0 spiro atoms. The SMILES string of the molecule is FC(F)(F)COCCC(CCl)c1ccc(Br)cc1. The van der Waals surface area contributed by atoms with Gasteiger partial charge in [-0.1, -0.05) is 28.1 Å². The lowest BCUT2D eigenvalue weighted by Gasteiger charge is -2.15. The van der Waals surface area contributed by atoms with E-state index in [1.807, 2.05) is 24.3 Å². The van der Waals surface area contributed by atoms with E-state index in [-0.39, 0.29) is 12.5 Å². The maximum absolute atomic E-state index is 11.9. The largest absolute Gasteiger partial charge is 0.411 e. The van der Waals surface area contributed by atoms with Gasteiger partial charge >= 0.3 is 6.18 Å². The van der Waals surface area contributed by atoms with E-state index in [0.29, 0.717) is 12.3 Å². The Kier molecular flexibility index (Phi) is 6.46. The summed E-state index contributed by atoms with van der Waals surface area (Å²) in [5.41, 5.74) is 1.00. The number of hydrogen-bond acceptors (Lipinski definition) is 1. The van der Waals surface area contributed by atoms with Crippen LogP contribution in [0.15, 0.2) is 28.7 Å². The summed E-state index contributed by atoms with van der Waals surface area (Å²) in [6, 6.07) is 7.57. The Bertz CT molecular complexity index is 353. The summed E-state index contributed by atoms with van der Waals surface area (Å²) in [6.45, 7) is -1.16. The minimum Gasteiger partial charge on any atom is -0.372 e. The molecule has 1 atom stereocenters. The molecule has 0 aromatic heterocycles. The predicted molar refractivity (Wildman–Crippen MR) is 69.1 cm³/mol. The van der Waals surface area contributed by atoms with Gasteiger partial charge in [-0.3, -0.25) is 0 Å². The molecule has 1 unspecified atom stereocenters. The standard InChI is InChI=1S/C12H13BrClF3O/c13-11-3-1-9(2-4-11)10(7-14)5-6-18-8-12(15,16)17/h1-4,10H,5-8H2. The third kappa shape index (κ3) is 6.07. The van der Waals surface area contributed by atoms with Crippen molar-refractivity contribution < 1.29 is 17.9 Å². The van der Waals surface area contributed by atoms with E-state index in [1.54, 1.807) is 0 Å². The third-order valence-electron chi connectivity index (χ3n) is 2.40. The minimum atomic E-state index is -4.27. The lowest BCUT2D eigenvalue weighted by Crippen LogP contribution is -2.18. The highest BCUT2D eigenvalue weighted by Gasteiger charge is 2.27. The Morgan fingerprint density at radius 1 is 1.22 bits per heavy atom. The molecular weight excluding hydrogens is 332 g/mol. The topological polar surface area (TPSA) is 9.23 Å². The Morgan fingerprint density at radius 3 is 2.33 bits per heavy atom. The maximum atomic E-state index is 11.9. The zero-order valence-electron chi connectivity index (χ0n) is 9.51. The molecule has 0 aliphatic carbocycles. The molecule has 1 rings (SSSR count). The molecule has 18 heavy (non-hydrogen) atoms. The summed E-state index contributed by atoms with van der Waals surface area (Å²) in [6.07, 6.45) is -3.80. The van der Waals surface area contributed by atoms with Crippen LogP contribution in [0.2, 0.25) is 0 Å². The molecule has 0 saturated carbocycles. The van der Waals surface area contributed by atoms with Gasteiger partial charge in [0.15, 0.2) is 0 Å². The van der Waals surface area contributed by atoms with Crippen molar-refractivity contribution in [3.05, 3.63) is 34.3 Å². The zero-order chi connectivity index (χ0) is 13.6. The minimum absolute atomic E-state index is 0.00741. The van der Waals surface area contributed by atoms with Gasteiger partial charge in [-0.2, -0.15) is 13.2 Å². The Hall–Kier alpha value is -0.260. The van der Waals surface area contributed by atoms with Crippen LogP contribution < -0.4 is 0 Å². The molecule has 0 fully saturated rings. The first-order chi connectivity index (χ1) is 8.42. The first-order valence-electron chi connectivity index (χ1n) is 5.38. The van der Waals surface area contributed by atoms with E-state index >= 15 is 0 Å². The van der Waals surface area contributed by atoms with Gasteiger partial charge in [0.05, 0.1) is 0 Å². The normalized spacial score (nSPS) is 13.6. The molecule has 6 heteroatoms. The first kappa shape index (κ1) is 15.8. The van der Waals surface area contributed by atoms with Crippen LogP contribution in [0, 0.1) is 0 Å². The van der Waals surface area contributed by atoms with Crippen molar-refractivity contribution in [3.8, 4) is 0 Å². The third-order valence-corrected chi connectivity index (χ3v) is 3.31. The number of ether oxygens (including phenoxy) is 1. The van der Waals surface area contributed by atoms with Crippen molar-refractivity contribution >= 4 is 27.5 Å². The number of halogens is 5. The quantitative estimate of drug-likeness (QED) is 0.534. The molecule has 1 aromatic rings. The monoisotopic (exact) mass is 344 g/mol. The molecule has 0 aliphatic heterocycles. The van der Waals surface area contributed by atoms with E-state index in [1.165, 1.54) is 0 Å². The molecule has 0 amide bonds. The summed E-state index contributed by atoms with van der Waals surface area (Å²) in [5.74, 6) is 0.366. The van der Waals surface area contributed by atoms with E-state index in [0.717, 1.165) is 10.0 Å². The van der Waals surface area contributed by atoms with Crippen LogP contribution in [0.5, 0.6) is 0 Å². The Balaban J connectivity index is 2.40. The van der Waals surface area contributed by atoms with Gasteiger partial charge in [-0.25, -0.2) is 0 Å². The van der Waals surface area contributed by atoms with Crippen LogP contribution in [-0.4, -0.2) is 25.3 Å². The van der Waals surface area contributed by atoms with Crippen molar-refractivity contribution in [1.29, 1.82) is 0 Å². The van der Waals surface area contributed by atoms with E-state index < -0.39 is 12.8 Å². The molecule has 0 aliphatic rings. The number of rotatable bonds is 6. The summed E-state index contributed by atoms with van der Waals surface area (Å²) < 4.78 is 41.2. The molecule has 0 saturated heterocycles. The lowest BCUT2D eigenvalue weighted by molar-refractivity contribution is -0.174. The molecule has 0 N–H and O–H groups in total. The van der Waals surface area contributed by atoms with Gasteiger partial charge in [0, 0.05) is 17.0 Å². The van der Waals surface area contributed by atoms with Crippen LogP contribution in [0.25, 0.3) is 0 Å². The van der Waals surface area contributed by atoms with Gasteiger partial charge in [0.1, 0.15) is 6.61 Å². The van der Waals surface area contributed by atoms with Gasteiger partial charge < -0.3 is 4.74 Å². The molecule has 102 valence electrons. The summed E-state index contributed by atoms with van der Waals surface area (Å²) in [4.78, 5) is 0. The van der Waals surface area contributed by atoms with Crippen molar-refractivity contribution in [2.45, 2.75) is 18.5 Å². The van der Waals surface area contributed by atoms with E-state index in [2.05, 4.69) is 20.7 Å². The molecule has 0 bridgehead atoms. The van der Waals surface area contributed by atoms with Crippen molar-refractivity contribution in [2.24, 2.45) is 0 Å². The van der Waals surface area contributed by atoms with Crippen molar-refractivity contribution in [2.75, 3.05) is 19.1 Å². The fourth-order valence-electron chi connectivity index (χ4n) is 1.48. The second-order valence-electron chi connectivity index (χ2n) is 3.86. The molecule has 1 aromatic carbocycles. The highest BCUT2D eigenvalue weighted by atomic mass is 79.9. The van der Waals surface area contributed by atoms with Crippen LogP contribution in [-0.2, 0) is 4.74 Å². The lowest BCUT2D eigenvalue weighted by atomic mass is 9.98. The van der Waals surface area contributed by atoms with Crippen LogP contribution in [0.4, 0.5) is 13.2 Å². The van der Waals surface area contributed by atoms with Gasteiger partial charge in [0.25, 0.3) is 0 Å². The molecule has 0 radical (unpaired) electrons. The Labute approximate surface area is 117 Å². The van der Waals surface area contributed by atoms with Crippen LogP contribution in [0.3, 0.4) is 0 Å². The number of alkyl halides is 4. The smallest absolute Gasteiger partial charge is 0.372 e. The highest BCUT2D eigenvalue weighted by molar-refractivity contribution is 9.10. The van der Waals surface area contributed by atoms with Crippen LogP contribution >= 0.6 is 27.5 Å². The summed E-state index contributed by atoms with van der Waals surface area (Å²) >= 11 is 9.14.